The van der Waals surface area contributed by atoms with Gasteiger partial charge in [-0.3, -0.25) is 24.1 Å². The average Bonchev–Trinajstić information content (AvgIpc) is 3.11. The second-order valence-corrected chi connectivity index (χ2v) is 9.60. The molecule has 33 heavy (non-hydrogen) atoms. The molecular formula is C26H35N3O4. The van der Waals surface area contributed by atoms with Crippen molar-refractivity contribution in [1.82, 2.24) is 15.1 Å². The normalized spacial score (nSPS) is 19.7. The Labute approximate surface area is 195 Å². The van der Waals surface area contributed by atoms with Crippen molar-refractivity contribution in [1.29, 1.82) is 0 Å². The monoisotopic (exact) mass is 453 g/mol. The number of hydrogen-bond donors (Lipinski definition) is 1. The van der Waals surface area contributed by atoms with Gasteiger partial charge in [0.1, 0.15) is 0 Å². The highest BCUT2D eigenvalue weighted by molar-refractivity contribution is 6.22. The molecule has 0 unspecified atom stereocenters. The summed E-state index contributed by atoms with van der Waals surface area (Å²) in [4.78, 5) is 54.6. The van der Waals surface area contributed by atoms with Crippen LogP contribution in [0.4, 0.5) is 0 Å². The molecule has 3 aliphatic rings. The van der Waals surface area contributed by atoms with Gasteiger partial charge >= 0.3 is 0 Å². The Morgan fingerprint density at radius 1 is 0.939 bits per heavy atom. The van der Waals surface area contributed by atoms with E-state index < -0.39 is 0 Å². The third-order valence-corrected chi connectivity index (χ3v) is 7.34. The van der Waals surface area contributed by atoms with Crippen LogP contribution < -0.4 is 5.32 Å². The lowest BCUT2D eigenvalue weighted by molar-refractivity contribution is -0.126. The number of unbranched alkanes of at least 4 members (excludes halogenated alkanes) is 2. The Balaban J connectivity index is 1.36. The molecule has 1 aromatic carbocycles. The highest BCUT2D eigenvalue weighted by Gasteiger charge is 2.40. The highest BCUT2D eigenvalue weighted by atomic mass is 16.2. The molecule has 7 heteroatoms. The van der Waals surface area contributed by atoms with E-state index in [9.17, 15) is 19.2 Å². The molecule has 0 radical (unpaired) electrons. The second kappa shape index (κ2) is 10.5. The van der Waals surface area contributed by atoms with E-state index in [1.54, 1.807) is 23.1 Å². The van der Waals surface area contributed by atoms with E-state index in [0.29, 0.717) is 49.2 Å². The largest absolute Gasteiger partial charge is 0.356 e. The first-order valence-corrected chi connectivity index (χ1v) is 12.6. The third-order valence-electron chi connectivity index (χ3n) is 7.34. The van der Waals surface area contributed by atoms with Crippen LogP contribution in [0, 0.1) is 5.92 Å². The summed E-state index contributed by atoms with van der Waals surface area (Å²) in [5.41, 5.74) is 1.18. The first kappa shape index (κ1) is 23.5. The molecule has 178 valence electrons. The number of hydrogen-bond acceptors (Lipinski definition) is 4. The summed E-state index contributed by atoms with van der Waals surface area (Å²) in [6, 6.07) is 4.84. The molecule has 1 N–H and O–H groups in total. The number of likely N-dealkylation sites (tertiary alicyclic amines) is 1. The van der Waals surface area contributed by atoms with Crippen molar-refractivity contribution >= 4 is 23.6 Å². The van der Waals surface area contributed by atoms with Crippen molar-refractivity contribution in [3.05, 3.63) is 34.9 Å². The topological polar surface area (TPSA) is 86.8 Å². The summed E-state index contributed by atoms with van der Waals surface area (Å²) in [7, 11) is 0. The minimum absolute atomic E-state index is 0.0301. The van der Waals surface area contributed by atoms with Crippen LogP contribution in [0.5, 0.6) is 0 Å². The molecule has 4 amide bonds. The maximum atomic E-state index is 13.1. The van der Waals surface area contributed by atoms with Crippen molar-refractivity contribution in [2.45, 2.75) is 77.2 Å². The minimum Gasteiger partial charge on any atom is -0.356 e. The maximum Gasteiger partial charge on any atom is 0.261 e. The molecule has 4 rings (SSSR count). The number of imide groups is 1. The van der Waals surface area contributed by atoms with Crippen LogP contribution in [0.2, 0.25) is 0 Å². The van der Waals surface area contributed by atoms with Gasteiger partial charge in [-0.1, -0.05) is 39.0 Å². The number of nitrogens with one attached hydrogen (secondary N) is 1. The number of benzene rings is 1. The summed E-state index contributed by atoms with van der Waals surface area (Å²) in [5, 5.41) is 3.01. The SMILES string of the molecule is CCCCCNC(=O)C1CCN(C(=O)c2ccc3c(c2)C(=O)N(C2CCCCC2)C3=O)CC1. The predicted octanol–water partition coefficient (Wildman–Crippen LogP) is 3.77. The minimum atomic E-state index is -0.269. The zero-order valence-electron chi connectivity index (χ0n) is 19.6. The van der Waals surface area contributed by atoms with Gasteiger partial charge in [-0.05, 0) is 50.3 Å². The number of carbonyl (C=O) groups excluding carboxylic acids is 4. The molecule has 2 aliphatic heterocycles. The zero-order chi connectivity index (χ0) is 23.4. The van der Waals surface area contributed by atoms with Gasteiger partial charge in [-0.15, -0.1) is 0 Å². The second-order valence-electron chi connectivity index (χ2n) is 9.60. The molecule has 1 saturated heterocycles. The van der Waals surface area contributed by atoms with E-state index >= 15 is 0 Å². The van der Waals surface area contributed by atoms with Gasteiger partial charge in [0, 0.05) is 37.2 Å². The molecule has 1 aliphatic carbocycles. The number of piperidine rings is 1. The fourth-order valence-corrected chi connectivity index (χ4v) is 5.32. The van der Waals surface area contributed by atoms with Crippen molar-refractivity contribution in [3.63, 3.8) is 0 Å². The Kier molecular flexibility index (Phi) is 7.46. The van der Waals surface area contributed by atoms with E-state index in [4.69, 9.17) is 0 Å². The van der Waals surface area contributed by atoms with Gasteiger partial charge in [0.2, 0.25) is 5.91 Å². The summed E-state index contributed by atoms with van der Waals surface area (Å²) >= 11 is 0. The van der Waals surface area contributed by atoms with E-state index in [1.165, 1.54) is 4.90 Å². The molecule has 1 aromatic rings. The van der Waals surface area contributed by atoms with Crippen LogP contribution in [-0.2, 0) is 4.79 Å². The van der Waals surface area contributed by atoms with E-state index in [1.807, 2.05) is 0 Å². The van der Waals surface area contributed by atoms with Gasteiger partial charge in [-0.2, -0.15) is 0 Å². The summed E-state index contributed by atoms with van der Waals surface area (Å²) in [6.07, 6.45) is 9.46. The number of nitrogens with zero attached hydrogens (tertiary/aromatic N) is 2. The summed E-state index contributed by atoms with van der Waals surface area (Å²) < 4.78 is 0. The third kappa shape index (κ3) is 4.97. The van der Waals surface area contributed by atoms with Crippen LogP contribution in [0.3, 0.4) is 0 Å². The smallest absolute Gasteiger partial charge is 0.261 e. The molecule has 0 spiro atoms. The number of carbonyl (C=O) groups is 4. The van der Waals surface area contributed by atoms with Gasteiger partial charge in [0.15, 0.2) is 0 Å². The van der Waals surface area contributed by atoms with Gasteiger partial charge < -0.3 is 10.2 Å². The van der Waals surface area contributed by atoms with Crippen LogP contribution in [0.15, 0.2) is 18.2 Å². The van der Waals surface area contributed by atoms with Crippen molar-refractivity contribution in [2.75, 3.05) is 19.6 Å². The van der Waals surface area contributed by atoms with Crippen LogP contribution in [-0.4, -0.2) is 59.1 Å². The lowest BCUT2D eigenvalue weighted by Crippen LogP contribution is -2.43. The van der Waals surface area contributed by atoms with Crippen LogP contribution >= 0.6 is 0 Å². The fraction of sp³-hybridized carbons (Fsp3) is 0.615. The Bertz CT molecular complexity index is 914. The van der Waals surface area contributed by atoms with E-state index in [0.717, 1.165) is 51.4 Å². The molecule has 0 aromatic heterocycles. The van der Waals surface area contributed by atoms with Crippen LogP contribution in [0.25, 0.3) is 0 Å². The Morgan fingerprint density at radius 2 is 1.64 bits per heavy atom. The van der Waals surface area contributed by atoms with Gasteiger partial charge in [0.05, 0.1) is 11.1 Å². The first-order valence-electron chi connectivity index (χ1n) is 12.6. The quantitative estimate of drug-likeness (QED) is 0.503. The molecule has 2 heterocycles. The van der Waals surface area contributed by atoms with Gasteiger partial charge in [0.25, 0.3) is 17.7 Å². The van der Waals surface area contributed by atoms with E-state index in [-0.39, 0.29) is 35.6 Å². The number of rotatable bonds is 7. The van der Waals surface area contributed by atoms with Crippen LogP contribution in [0.1, 0.15) is 102 Å². The molecular weight excluding hydrogens is 418 g/mol. The fourth-order valence-electron chi connectivity index (χ4n) is 5.32. The average molecular weight is 454 g/mol. The van der Waals surface area contributed by atoms with E-state index in [2.05, 4.69) is 12.2 Å². The van der Waals surface area contributed by atoms with Gasteiger partial charge in [-0.25, -0.2) is 0 Å². The molecule has 0 atom stereocenters. The lowest BCUT2D eigenvalue weighted by atomic mass is 9.94. The number of fused-ring (bicyclic) bond motifs is 1. The molecule has 7 nitrogen and oxygen atoms in total. The predicted molar refractivity (Wildman–Crippen MR) is 125 cm³/mol. The Hall–Kier alpha value is -2.70. The molecule has 2 fully saturated rings. The van der Waals surface area contributed by atoms with Crippen molar-refractivity contribution in [2.24, 2.45) is 5.92 Å². The highest BCUT2D eigenvalue weighted by Crippen LogP contribution is 2.32. The van der Waals surface area contributed by atoms with Crippen molar-refractivity contribution in [3.8, 4) is 0 Å². The first-order chi connectivity index (χ1) is 16.0. The summed E-state index contributed by atoms with van der Waals surface area (Å²) in [5.74, 6) is -0.612. The standard InChI is InChI=1S/C26H35N3O4/c1-2-3-7-14-27-23(30)18-12-15-28(16-13-18)24(31)19-10-11-21-22(17-19)26(33)29(25(21)32)20-8-5-4-6-9-20/h10-11,17-18,20H,2-9,12-16H2,1H3,(H,27,30). The molecule has 1 saturated carbocycles. The Morgan fingerprint density at radius 3 is 2.33 bits per heavy atom. The zero-order valence-corrected chi connectivity index (χ0v) is 19.6. The maximum absolute atomic E-state index is 13.1. The lowest BCUT2D eigenvalue weighted by Gasteiger charge is -2.31. The molecule has 0 bridgehead atoms. The summed E-state index contributed by atoms with van der Waals surface area (Å²) in [6.45, 7) is 3.88. The number of amides is 4. The van der Waals surface area contributed by atoms with Crippen molar-refractivity contribution < 1.29 is 19.2 Å².